The molecule has 1 aromatic heterocycles. The van der Waals surface area contributed by atoms with Crippen LogP contribution in [0.15, 0.2) is 53.4 Å². The fourth-order valence-electron chi connectivity index (χ4n) is 4.21. The van der Waals surface area contributed by atoms with Crippen molar-refractivity contribution in [3.8, 4) is 22.5 Å². The molecule has 4 rings (SSSR count). The Balaban J connectivity index is 1.67. The number of ether oxygens (including phenoxy) is 1. The summed E-state index contributed by atoms with van der Waals surface area (Å²) in [5.41, 5.74) is 2.11. The molecule has 13 heteroatoms. The average Bonchev–Trinajstić information content (AvgIpc) is 2.91. The van der Waals surface area contributed by atoms with Gasteiger partial charge in [-0.25, -0.2) is 27.6 Å². The third-order valence-electron chi connectivity index (χ3n) is 6.18. The topological polar surface area (TPSA) is 143 Å². The van der Waals surface area contributed by atoms with Crippen LogP contribution in [0.2, 0.25) is 0 Å². The molecule has 40 heavy (non-hydrogen) atoms. The van der Waals surface area contributed by atoms with Gasteiger partial charge in [0.2, 0.25) is 11.9 Å². The monoisotopic (exact) mass is 570 g/mol. The lowest BCUT2D eigenvalue weighted by molar-refractivity contribution is -0.118. The Morgan fingerprint density at radius 1 is 1.05 bits per heavy atom. The van der Waals surface area contributed by atoms with Crippen molar-refractivity contribution in [3.05, 3.63) is 54.3 Å². The third-order valence-corrected chi connectivity index (χ3v) is 7.33. The van der Waals surface area contributed by atoms with E-state index >= 15 is 0 Å². The van der Waals surface area contributed by atoms with Crippen molar-refractivity contribution in [1.82, 2.24) is 20.6 Å². The number of hydrogen-bond acceptors (Lipinski definition) is 8. The fraction of sp³-hybridized carbons (Fsp3) is 0.333. The Labute approximate surface area is 232 Å². The molecule has 3 aromatic rings. The van der Waals surface area contributed by atoms with Gasteiger partial charge in [-0.1, -0.05) is 12.1 Å². The van der Waals surface area contributed by atoms with Crippen molar-refractivity contribution in [2.75, 3.05) is 49.3 Å². The van der Waals surface area contributed by atoms with Crippen molar-refractivity contribution in [2.45, 2.75) is 24.8 Å². The number of sulfone groups is 1. The number of carbonyl (C=O) groups is 2. The summed E-state index contributed by atoms with van der Waals surface area (Å²) in [6.45, 7) is 5.45. The highest BCUT2D eigenvalue weighted by molar-refractivity contribution is 7.90. The van der Waals surface area contributed by atoms with E-state index in [2.05, 4.69) is 20.9 Å². The summed E-state index contributed by atoms with van der Waals surface area (Å²) in [5, 5.41) is 7.96. The number of benzene rings is 2. The molecule has 1 aliphatic rings. The minimum atomic E-state index is -3.68. The lowest BCUT2D eigenvalue weighted by Crippen LogP contribution is -2.44. The third kappa shape index (κ3) is 7.30. The van der Waals surface area contributed by atoms with E-state index in [4.69, 9.17) is 9.72 Å². The molecular weight excluding hydrogens is 539 g/mol. The highest BCUT2D eigenvalue weighted by Gasteiger charge is 2.24. The molecule has 0 aliphatic carbocycles. The lowest BCUT2D eigenvalue weighted by atomic mass is 10.1. The van der Waals surface area contributed by atoms with Gasteiger partial charge in [0.15, 0.2) is 9.84 Å². The van der Waals surface area contributed by atoms with Crippen LogP contribution >= 0.6 is 0 Å². The molecule has 1 saturated heterocycles. The minimum Gasteiger partial charge on any atom is -0.377 e. The molecule has 1 aliphatic heterocycles. The summed E-state index contributed by atoms with van der Waals surface area (Å²) >= 11 is 0. The van der Waals surface area contributed by atoms with Crippen molar-refractivity contribution in [3.63, 3.8) is 0 Å². The van der Waals surface area contributed by atoms with Gasteiger partial charge < -0.3 is 25.6 Å². The molecule has 2 aromatic carbocycles. The number of morpholine rings is 1. The van der Waals surface area contributed by atoms with E-state index in [1.54, 1.807) is 30.3 Å². The number of hydrogen-bond donors (Lipinski definition) is 3. The molecule has 0 unspecified atom stereocenters. The number of urea groups is 1. The molecule has 11 nitrogen and oxygen atoms in total. The van der Waals surface area contributed by atoms with Crippen LogP contribution < -0.4 is 20.9 Å². The first kappa shape index (κ1) is 28.9. The van der Waals surface area contributed by atoms with Gasteiger partial charge in [-0.2, -0.15) is 0 Å². The van der Waals surface area contributed by atoms with Crippen LogP contribution in [0.4, 0.5) is 20.8 Å². The van der Waals surface area contributed by atoms with Crippen LogP contribution in [0.1, 0.15) is 13.8 Å². The van der Waals surface area contributed by atoms with Crippen molar-refractivity contribution in [1.29, 1.82) is 0 Å². The van der Waals surface area contributed by atoms with Gasteiger partial charge in [-0.15, -0.1) is 0 Å². The molecule has 3 N–H and O–H groups in total. The van der Waals surface area contributed by atoms with E-state index in [0.717, 1.165) is 18.4 Å². The van der Waals surface area contributed by atoms with Crippen LogP contribution in [0.5, 0.6) is 0 Å². The predicted octanol–water partition coefficient (Wildman–Crippen LogP) is 2.84. The van der Waals surface area contributed by atoms with Crippen LogP contribution in [0.3, 0.4) is 0 Å². The van der Waals surface area contributed by atoms with Crippen LogP contribution in [0.25, 0.3) is 22.5 Å². The zero-order valence-electron chi connectivity index (χ0n) is 22.4. The minimum absolute atomic E-state index is 0.0329. The van der Waals surface area contributed by atoms with Gasteiger partial charge in [0, 0.05) is 49.6 Å². The van der Waals surface area contributed by atoms with E-state index in [-0.39, 0.29) is 34.6 Å². The molecule has 1 atom stereocenters. The van der Waals surface area contributed by atoms with Gasteiger partial charge in [-0.05, 0) is 43.3 Å². The van der Waals surface area contributed by atoms with E-state index in [0.29, 0.717) is 49.2 Å². The van der Waals surface area contributed by atoms with Crippen molar-refractivity contribution < 1.29 is 27.1 Å². The number of anilines is 2. The Kier molecular flexibility index (Phi) is 8.95. The molecule has 0 radical (unpaired) electrons. The summed E-state index contributed by atoms with van der Waals surface area (Å²) in [5.74, 6) is -0.399. The molecule has 0 spiro atoms. The van der Waals surface area contributed by atoms with Gasteiger partial charge >= 0.3 is 6.03 Å². The molecule has 212 valence electrons. The van der Waals surface area contributed by atoms with E-state index in [1.165, 1.54) is 13.0 Å². The fourth-order valence-corrected chi connectivity index (χ4v) is 5.09. The maximum atomic E-state index is 14.3. The Hall–Kier alpha value is -4.10. The number of nitrogens with zero attached hydrogens (tertiary/aromatic N) is 3. The number of carbonyl (C=O) groups excluding carboxylic acids is 2. The number of halogens is 1. The highest BCUT2D eigenvalue weighted by Crippen LogP contribution is 2.32. The van der Waals surface area contributed by atoms with E-state index in [1.807, 2.05) is 11.8 Å². The molecule has 3 amide bonds. The van der Waals surface area contributed by atoms with Gasteiger partial charge in [0.05, 0.1) is 35.5 Å². The number of aromatic nitrogens is 2. The summed E-state index contributed by atoms with van der Waals surface area (Å²) < 4.78 is 44.9. The quantitative estimate of drug-likeness (QED) is 0.277. The molecule has 0 bridgehead atoms. The first-order chi connectivity index (χ1) is 19.0. The second kappa shape index (κ2) is 12.4. The summed E-state index contributed by atoms with van der Waals surface area (Å²) in [6, 6.07) is 11.6. The standard InChI is InChI=1S/C27H31FN6O5S/c1-17-16-39-13-12-34(17)26-32-23(15-24(33-26)22-14-20(28)6-9-25(22)40(3,37)38)19-4-7-21(8-5-19)31-27(36)30-11-10-29-18(2)35/h4-9,14-15,17H,10-13,16H2,1-3H3,(H,29,35)(H2,30,31,36)/t17-/m0/s1. The first-order valence-electron chi connectivity index (χ1n) is 12.6. The predicted molar refractivity (Wildman–Crippen MR) is 149 cm³/mol. The molecule has 2 heterocycles. The van der Waals surface area contributed by atoms with Gasteiger partial charge in [0.1, 0.15) is 5.82 Å². The zero-order valence-corrected chi connectivity index (χ0v) is 23.2. The Bertz CT molecular complexity index is 1500. The summed E-state index contributed by atoms with van der Waals surface area (Å²) in [4.78, 5) is 34.4. The Morgan fingerprint density at radius 2 is 1.75 bits per heavy atom. The van der Waals surface area contributed by atoms with Crippen LogP contribution in [-0.4, -0.2) is 75.5 Å². The second-order valence-electron chi connectivity index (χ2n) is 9.41. The second-order valence-corrected chi connectivity index (χ2v) is 11.4. The molecular formula is C27H31FN6O5S. The maximum absolute atomic E-state index is 14.3. The SMILES string of the molecule is CC(=O)NCCNC(=O)Nc1ccc(-c2cc(-c3cc(F)ccc3S(C)(=O)=O)nc(N3CCOC[C@@H]3C)n2)cc1. The number of rotatable bonds is 8. The van der Waals surface area contributed by atoms with E-state index in [9.17, 15) is 22.4 Å². The zero-order chi connectivity index (χ0) is 28.9. The highest BCUT2D eigenvalue weighted by atomic mass is 32.2. The maximum Gasteiger partial charge on any atom is 0.319 e. The van der Waals surface area contributed by atoms with Crippen LogP contribution in [0, 0.1) is 5.82 Å². The smallest absolute Gasteiger partial charge is 0.319 e. The average molecular weight is 571 g/mol. The number of amides is 3. The van der Waals surface area contributed by atoms with E-state index < -0.39 is 21.7 Å². The Morgan fingerprint density at radius 3 is 2.42 bits per heavy atom. The van der Waals surface area contributed by atoms with Gasteiger partial charge in [-0.3, -0.25) is 4.79 Å². The normalized spacial score (nSPS) is 15.4. The number of nitrogens with one attached hydrogen (secondary N) is 3. The summed E-state index contributed by atoms with van der Waals surface area (Å²) in [7, 11) is -3.68. The molecule has 1 fully saturated rings. The summed E-state index contributed by atoms with van der Waals surface area (Å²) in [6.07, 6.45) is 1.07. The largest absolute Gasteiger partial charge is 0.377 e. The van der Waals surface area contributed by atoms with Crippen molar-refractivity contribution in [2.24, 2.45) is 0 Å². The van der Waals surface area contributed by atoms with Crippen molar-refractivity contribution >= 4 is 33.4 Å². The van der Waals surface area contributed by atoms with Crippen LogP contribution in [-0.2, 0) is 19.4 Å². The first-order valence-corrected chi connectivity index (χ1v) is 14.5. The lowest BCUT2D eigenvalue weighted by Gasteiger charge is -2.33. The molecule has 0 saturated carbocycles. The van der Waals surface area contributed by atoms with Gasteiger partial charge in [0.25, 0.3) is 0 Å².